The summed E-state index contributed by atoms with van der Waals surface area (Å²) >= 11 is 5.94. The third-order valence-electron chi connectivity index (χ3n) is 3.15. The standard InChI is InChI=1S/C16H23ClN2O2.ClH/c1-4-11-21-15-12-13(17)7-8-14(15)16(20)18-9-10-19(5-2)6-3;/h4,7-8,12H,1,5-6,9-11H2,2-3H3,(H,18,20);1H. The molecule has 1 N–H and O–H groups in total. The zero-order valence-electron chi connectivity index (χ0n) is 14.1. The van der Waals surface area contributed by atoms with Crippen LogP contribution in [0.25, 0.3) is 0 Å². The van der Waals surface area contributed by atoms with E-state index in [1.165, 1.54) is 0 Å². The molecule has 124 valence electrons. The Hall–Kier alpha value is -1.23. The van der Waals surface area contributed by atoms with Gasteiger partial charge in [0.15, 0.2) is 0 Å². The zero-order valence-corrected chi connectivity index (χ0v) is 14.6. The van der Waals surface area contributed by atoms with Crippen LogP contribution in [0.4, 0.5) is 0 Å². The summed E-state index contributed by atoms with van der Waals surface area (Å²) in [6, 6.07) is 5.00. The molecule has 0 saturated heterocycles. The van der Waals surface area contributed by atoms with Crippen LogP contribution in [0.3, 0.4) is 0 Å². The Labute approximate surface area is 145 Å². The van der Waals surface area contributed by atoms with Gasteiger partial charge in [-0.25, -0.2) is 0 Å². The molecule has 0 spiro atoms. The Balaban J connectivity index is 0. The zero-order chi connectivity index (χ0) is 15.7. The van der Waals surface area contributed by atoms with Crippen molar-refractivity contribution in [2.24, 2.45) is 0 Å². The topological polar surface area (TPSA) is 41.6 Å². The number of rotatable bonds is 9. The summed E-state index contributed by atoms with van der Waals surface area (Å²) in [6.45, 7) is 11.5. The van der Waals surface area contributed by atoms with Crippen molar-refractivity contribution < 1.29 is 23.4 Å². The maximum Gasteiger partial charge on any atom is 1.00 e. The van der Waals surface area contributed by atoms with Gasteiger partial charge in [0.25, 0.3) is 5.91 Å². The molecule has 1 rings (SSSR count). The molecule has 1 aromatic carbocycles. The first-order valence-corrected chi connectivity index (χ1v) is 7.53. The van der Waals surface area contributed by atoms with E-state index < -0.39 is 0 Å². The number of benzene rings is 1. The maximum absolute atomic E-state index is 12.2. The fourth-order valence-electron chi connectivity index (χ4n) is 1.91. The summed E-state index contributed by atoms with van der Waals surface area (Å²) in [6.07, 6.45) is 1.63. The highest BCUT2D eigenvalue weighted by molar-refractivity contribution is 6.30. The van der Waals surface area contributed by atoms with E-state index in [0.29, 0.717) is 29.5 Å². The lowest BCUT2D eigenvalue weighted by Crippen LogP contribution is -3.00. The molecule has 0 unspecified atom stereocenters. The predicted molar refractivity (Wildman–Crippen MR) is 88.4 cm³/mol. The van der Waals surface area contributed by atoms with Gasteiger partial charge in [-0.15, -0.1) is 0 Å². The van der Waals surface area contributed by atoms with Crippen molar-refractivity contribution in [2.45, 2.75) is 13.8 Å². The number of hydrogen-bond donors (Lipinski definition) is 1. The van der Waals surface area contributed by atoms with Crippen LogP contribution in [0.2, 0.25) is 5.02 Å². The van der Waals surface area contributed by atoms with Crippen LogP contribution in [0.1, 0.15) is 25.6 Å². The fourth-order valence-corrected chi connectivity index (χ4v) is 2.08. The number of nitrogens with zero attached hydrogens (tertiary/aromatic N) is 1. The first-order valence-electron chi connectivity index (χ1n) is 7.16. The lowest BCUT2D eigenvalue weighted by atomic mass is 10.2. The molecular formula is C16H24Cl2N2O2. The van der Waals surface area contributed by atoms with Crippen LogP contribution in [0.15, 0.2) is 30.9 Å². The number of hydrogen-bond acceptors (Lipinski definition) is 3. The highest BCUT2D eigenvalue weighted by Gasteiger charge is 2.13. The van der Waals surface area contributed by atoms with Crippen molar-refractivity contribution in [1.82, 2.24) is 10.2 Å². The van der Waals surface area contributed by atoms with E-state index in [2.05, 4.69) is 30.6 Å². The van der Waals surface area contributed by atoms with E-state index in [1.54, 1.807) is 24.3 Å². The van der Waals surface area contributed by atoms with Crippen LogP contribution in [0.5, 0.6) is 5.75 Å². The minimum absolute atomic E-state index is 0. The van der Waals surface area contributed by atoms with E-state index in [9.17, 15) is 4.79 Å². The second-order valence-corrected chi connectivity index (χ2v) is 4.96. The van der Waals surface area contributed by atoms with Crippen molar-refractivity contribution in [3.63, 3.8) is 0 Å². The average molecular weight is 347 g/mol. The van der Waals surface area contributed by atoms with Gasteiger partial charge < -0.3 is 27.4 Å². The highest BCUT2D eigenvalue weighted by atomic mass is 35.5. The normalized spacial score (nSPS) is 10.0. The minimum atomic E-state index is -0.155. The molecule has 0 atom stereocenters. The number of ether oxygens (including phenoxy) is 1. The molecule has 0 saturated carbocycles. The molecule has 1 amide bonds. The number of carbonyl (C=O) groups excluding carboxylic acids is 1. The number of carbonyl (C=O) groups is 1. The Morgan fingerprint density at radius 2 is 2.14 bits per heavy atom. The first kappa shape index (κ1) is 20.8. The quantitative estimate of drug-likeness (QED) is 0.644. The number of amides is 1. The van der Waals surface area contributed by atoms with Crippen LogP contribution >= 0.6 is 11.6 Å². The number of halogens is 2. The second-order valence-electron chi connectivity index (χ2n) is 4.52. The summed E-state index contributed by atoms with van der Waals surface area (Å²) in [5, 5.41) is 3.44. The van der Waals surface area contributed by atoms with Gasteiger partial charge in [0.2, 0.25) is 0 Å². The predicted octanol–water partition coefficient (Wildman–Crippen LogP) is 0.0929. The van der Waals surface area contributed by atoms with Gasteiger partial charge in [0, 0.05) is 18.1 Å². The van der Waals surface area contributed by atoms with Crippen molar-refractivity contribution in [2.75, 3.05) is 32.8 Å². The van der Waals surface area contributed by atoms with Gasteiger partial charge in [-0.1, -0.05) is 38.1 Å². The van der Waals surface area contributed by atoms with E-state index in [-0.39, 0.29) is 19.7 Å². The number of likely N-dealkylation sites (N-methyl/N-ethyl adjacent to an activating group) is 1. The van der Waals surface area contributed by atoms with Gasteiger partial charge >= 0.3 is 1.43 Å². The van der Waals surface area contributed by atoms with E-state index >= 15 is 0 Å². The molecule has 1 aromatic rings. The molecule has 6 heteroatoms. The average Bonchev–Trinajstić information content (AvgIpc) is 2.49. The van der Waals surface area contributed by atoms with Crippen LogP contribution in [-0.2, 0) is 0 Å². The van der Waals surface area contributed by atoms with Crippen LogP contribution in [-0.4, -0.2) is 43.6 Å². The summed E-state index contributed by atoms with van der Waals surface area (Å²) in [5.74, 6) is 0.320. The number of nitrogens with one attached hydrogen (secondary N) is 1. The molecule has 0 aliphatic heterocycles. The molecule has 0 aliphatic rings. The molecule has 0 aliphatic carbocycles. The van der Waals surface area contributed by atoms with Crippen molar-refractivity contribution in [1.29, 1.82) is 0 Å². The molecule has 0 heterocycles. The Bertz CT molecular complexity index is 483. The monoisotopic (exact) mass is 346 g/mol. The Kier molecular flexibility index (Phi) is 10.7. The van der Waals surface area contributed by atoms with Crippen molar-refractivity contribution >= 4 is 17.5 Å². The molecule has 22 heavy (non-hydrogen) atoms. The van der Waals surface area contributed by atoms with Gasteiger partial charge in [0.1, 0.15) is 12.4 Å². The summed E-state index contributed by atoms with van der Waals surface area (Å²) < 4.78 is 5.48. The van der Waals surface area contributed by atoms with Crippen LogP contribution < -0.4 is 22.5 Å². The third-order valence-corrected chi connectivity index (χ3v) is 3.39. The van der Waals surface area contributed by atoms with Gasteiger partial charge in [-0.2, -0.15) is 0 Å². The SMILES string of the molecule is C=CCOc1cc(Cl)ccc1C(=O)NCCN(CC)CC.[Cl-].[H+]. The van der Waals surface area contributed by atoms with E-state index in [1.807, 2.05) is 0 Å². The highest BCUT2D eigenvalue weighted by Crippen LogP contribution is 2.23. The molecule has 0 radical (unpaired) electrons. The second kappa shape index (κ2) is 11.4. The summed E-state index contributed by atoms with van der Waals surface area (Å²) in [5.41, 5.74) is 0.487. The van der Waals surface area contributed by atoms with Gasteiger partial charge in [-0.3, -0.25) is 4.79 Å². The lowest BCUT2D eigenvalue weighted by molar-refractivity contribution is -0.0000134. The van der Waals surface area contributed by atoms with Crippen LogP contribution in [0, 0.1) is 0 Å². The minimum Gasteiger partial charge on any atom is -1.00 e. The fraction of sp³-hybridized carbons (Fsp3) is 0.438. The summed E-state index contributed by atoms with van der Waals surface area (Å²) in [7, 11) is 0. The first-order chi connectivity index (χ1) is 10.1. The van der Waals surface area contributed by atoms with E-state index in [0.717, 1.165) is 19.6 Å². The smallest absolute Gasteiger partial charge is 1.00 e. The maximum atomic E-state index is 12.2. The lowest BCUT2D eigenvalue weighted by Gasteiger charge is -2.18. The van der Waals surface area contributed by atoms with Gasteiger partial charge in [0.05, 0.1) is 5.56 Å². The largest absolute Gasteiger partial charge is 1.00 e. The molecule has 0 bridgehead atoms. The third kappa shape index (κ3) is 6.69. The molecule has 0 fully saturated rings. The molecule has 0 aromatic heterocycles. The molecular weight excluding hydrogens is 323 g/mol. The van der Waals surface area contributed by atoms with Gasteiger partial charge in [-0.05, 0) is 31.3 Å². The van der Waals surface area contributed by atoms with Crippen molar-refractivity contribution in [3.8, 4) is 5.75 Å². The Morgan fingerprint density at radius 1 is 1.45 bits per heavy atom. The molecule has 4 nitrogen and oxygen atoms in total. The Morgan fingerprint density at radius 3 is 2.73 bits per heavy atom. The summed E-state index contributed by atoms with van der Waals surface area (Å²) in [4.78, 5) is 14.5. The van der Waals surface area contributed by atoms with Crippen molar-refractivity contribution in [3.05, 3.63) is 41.4 Å². The van der Waals surface area contributed by atoms with E-state index in [4.69, 9.17) is 16.3 Å².